The lowest BCUT2D eigenvalue weighted by Gasteiger charge is -2.21. The standard InChI is InChI=1S/C23H31NO3/c1-14(2)19-12-20(17(5)11-22(19)26-7)18(6)24-23(25)13-27-21-10-15(3)8-9-16(21)4/h8-12,14,18H,13H2,1-7H3,(H,24,25)/t18-/m1/s1. The third-order valence-electron chi connectivity index (χ3n) is 4.79. The Morgan fingerprint density at radius 3 is 2.30 bits per heavy atom. The predicted molar refractivity (Wildman–Crippen MR) is 110 cm³/mol. The first-order valence-corrected chi connectivity index (χ1v) is 9.40. The van der Waals surface area contributed by atoms with E-state index in [1.807, 2.05) is 52.0 Å². The van der Waals surface area contributed by atoms with Crippen LogP contribution in [0.1, 0.15) is 60.5 Å². The van der Waals surface area contributed by atoms with Crippen LogP contribution in [0.3, 0.4) is 0 Å². The summed E-state index contributed by atoms with van der Waals surface area (Å²) in [5, 5.41) is 3.04. The number of amides is 1. The van der Waals surface area contributed by atoms with Gasteiger partial charge in [0.25, 0.3) is 5.91 Å². The summed E-state index contributed by atoms with van der Waals surface area (Å²) >= 11 is 0. The van der Waals surface area contributed by atoms with Crippen molar-refractivity contribution >= 4 is 5.91 Å². The van der Waals surface area contributed by atoms with Crippen LogP contribution in [0.5, 0.6) is 11.5 Å². The van der Waals surface area contributed by atoms with Crippen molar-refractivity contribution in [1.29, 1.82) is 0 Å². The van der Waals surface area contributed by atoms with Crippen LogP contribution >= 0.6 is 0 Å². The molecule has 0 spiro atoms. The zero-order valence-corrected chi connectivity index (χ0v) is 17.5. The first-order chi connectivity index (χ1) is 12.7. The highest BCUT2D eigenvalue weighted by atomic mass is 16.5. The molecule has 27 heavy (non-hydrogen) atoms. The van der Waals surface area contributed by atoms with E-state index in [0.29, 0.717) is 5.92 Å². The van der Waals surface area contributed by atoms with Crippen LogP contribution in [-0.2, 0) is 4.79 Å². The third kappa shape index (κ3) is 5.25. The van der Waals surface area contributed by atoms with Gasteiger partial charge in [-0.2, -0.15) is 0 Å². The van der Waals surface area contributed by atoms with E-state index in [2.05, 4.69) is 25.2 Å². The minimum atomic E-state index is -0.135. The molecule has 0 aliphatic rings. The van der Waals surface area contributed by atoms with Gasteiger partial charge < -0.3 is 14.8 Å². The molecular formula is C23H31NO3. The second-order valence-corrected chi connectivity index (χ2v) is 7.45. The molecular weight excluding hydrogens is 338 g/mol. The van der Waals surface area contributed by atoms with Crippen LogP contribution in [0.4, 0.5) is 0 Å². The number of ether oxygens (including phenoxy) is 2. The molecule has 1 atom stereocenters. The van der Waals surface area contributed by atoms with Gasteiger partial charge in [-0.15, -0.1) is 0 Å². The molecule has 4 nitrogen and oxygen atoms in total. The van der Waals surface area contributed by atoms with E-state index in [1.165, 1.54) is 0 Å². The van der Waals surface area contributed by atoms with E-state index in [-0.39, 0.29) is 18.6 Å². The fourth-order valence-corrected chi connectivity index (χ4v) is 3.18. The van der Waals surface area contributed by atoms with Crippen LogP contribution in [0, 0.1) is 20.8 Å². The maximum absolute atomic E-state index is 12.4. The normalized spacial score (nSPS) is 12.0. The highest BCUT2D eigenvalue weighted by Crippen LogP contribution is 2.32. The molecule has 0 bridgehead atoms. The molecule has 0 heterocycles. The zero-order valence-electron chi connectivity index (χ0n) is 17.5. The molecule has 2 aromatic carbocycles. The highest BCUT2D eigenvalue weighted by molar-refractivity contribution is 5.78. The number of carbonyl (C=O) groups is 1. The van der Waals surface area contributed by atoms with Crippen molar-refractivity contribution in [1.82, 2.24) is 5.32 Å². The molecule has 0 radical (unpaired) electrons. The second kappa shape index (κ2) is 8.94. The highest BCUT2D eigenvalue weighted by Gasteiger charge is 2.17. The van der Waals surface area contributed by atoms with Gasteiger partial charge >= 0.3 is 0 Å². The van der Waals surface area contributed by atoms with Crippen molar-refractivity contribution in [2.75, 3.05) is 13.7 Å². The van der Waals surface area contributed by atoms with Gasteiger partial charge in [0.1, 0.15) is 11.5 Å². The quantitative estimate of drug-likeness (QED) is 0.747. The Balaban J connectivity index is 2.08. The maximum atomic E-state index is 12.4. The Morgan fingerprint density at radius 1 is 0.963 bits per heavy atom. The summed E-state index contributed by atoms with van der Waals surface area (Å²) in [5.74, 6) is 1.85. The van der Waals surface area contributed by atoms with Gasteiger partial charge in [-0.25, -0.2) is 0 Å². The molecule has 0 unspecified atom stereocenters. The summed E-state index contributed by atoms with van der Waals surface area (Å²) in [5.41, 5.74) is 5.47. The Hall–Kier alpha value is -2.49. The van der Waals surface area contributed by atoms with Crippen molar-refractivity contribution in [2.24, 2.45) is 0 Å². The Bertz CT molecular complexity index is 812. The van der Waals surface area contributed by atoms with Crippen molar-refractivity contribution in [3.8, 4) is 11.5 Å². The molecule has 1 amide bonds. The monoisotopic (exact) mass is 369 g/mol. The molecule has 0 aliphatic heterocycles. The Morgan fingerprint density at radius 2 is 1.67 bits per heavy atom. The molecule has 4 heteroatoms. The maximum Gasteiger partial charge on any atom is 0.258 e. The van der Waals surface area contributed by atoms with Crippen LogP contribution in [0.2, 0.25) is 0 Å². The van der Waals surface area contributed by atoms with Gasteiger partial charge in [0.2, 0.25) is 0 Å². The first-order valence-electron chi connectivity index (χ1n) is 9.40. The molecule has 146 valence electrons. The molecule has 0 saturated carbocycles. The molecule has 0 saturated heterocycles. The third-order valence-corrected chi connectivity index (χ3v) is 4.79. The number of aryl methyl sites for hydroxylation is 3. The Kier molecular flexibility index (Phi) is 6.89. The van der Waals surface area contributed by atoms with Crippen molar-refractivity contribution in [3.63, 3.8) is 0 Å². The van der Waals surface area contributed by atoms with Crippen molar-refractivity contribution in [2.45, 2.75) is 53.5 Å². The van der Waals surface area contributed by atoms with Gasteiger partial charge in [0.05, 0.1) is 13.2 Å². The SMILES string of the molecule is COc1cc(C)c([C@@H](C)NC(=O)COc2cc(C)ccc2C)cc1C(C)C. The second-order valence-electron chi connectivity index (χ2n) is 7.45. The van der Waals surface area contributed by atoms with Gasteiger partial charge in [0, 0.05) is 0 Å². The fraction of sp³-hybridized carbons (Fsp3) is 0.435. The zero-order chi connectivity index (χ0) is 20.1. The van der Waals surface area contributed by atoms with Gasteiger partial charge in [-0.1, -0.05) is 26.0 Å². The number of benzene rings is 2. The summed E-state index contributed by atoms with van der Waals surface area (Å²) in [6.45, 7) is 12.3. The topological polar surface area (TPSA) is 47.6 Å². The number of nitrogens with one attached hydrogen (secondary N) is 1. The molecule has 2 rings (SSSR count). The van der Waals surface area contributed by atoms with E-state index in [0.717, 1.165) is 39.3 Å². The van der Waals surface area contributed by atoms with Gasteiger partial charge in [-0.3, -0.25) is 4.79 Å². The lowest BCUT2D eigenvalue weighted by molar-refractivity contribution is -0.123. The molecule has 1 N–H and O–H groups in total. The summed E-state index contributed by atoms with van der Waals surface area (Å²) < 4.78 is 11.2. The minimum Gasteiger partial charge on any atom is -0.496 e. The summed E-state index contributed by atoms with van der Waals surface area (Å²) in [4.78, 5) is 12.4. The molecule has 0 fully saturated rings. The first kappa shape index (κ1) is 20.8. The Labute approximate surface area is 162 Å². The average Bonchev–Trinajstić information content (AvgIpc) is 2.61. The minimum absolute atomic E-state index is 0.000866. The molecule has 0 aliphatic carbocycles. The number of hydrogen-bond acceptors (Lipinski definition) is 3. The van der Waals surface area contributed by atoms with Crippen LogP contribution in [0.25, 0.3) is 0 Å². The fourth-order valence-electron chi connectivity index (χ4n) is 3.18. The summed E-state index contributed by atoms with van der Waals surface area (Å²) in [7, 11) is 1.69. The van der Waals surface area contributed by atoms with Crippen molar-refractivity contribution in [3.05, 3.63) is 58.1 Å². The van der Waals surface area contributed by atoms with Crippen LogP contribution < -0.4 is 14.8 Å². The molecule has 0 aromatic heterocycles. The van der Waals surface area contributed by atoms with Gasteiger partial charge in [-0.05, 0) is 79.6 Å². The largest absolute Gasteiger partial charge is 0.496 e. The van der Waals surface area contributed by atoms with E-state index >= 15 is 0 Å². The smallest absolute Gasteiger partial charge is 0.258 e. The number of methoxy groups -OCH3 is 1. The van der Waals surface area contributed by atoms with E-state index in [1.54, 1.807) is 7.11 Å². The number of carbonyl (C=O) groups excluding carboxylic acids is 1. The average molecular weight is 370 g/mol. The van der Waals surface area contributed by atoms with Crippen LogP contribution in [0.15, 0.2) is 30.3 Å². The number of rotatable bonds is 7. The van der Waals surface area contributed by atoms with E-state index in [4.69, 9.17) is 9.47 Å². The number of hydrogen-bond donors (Lipinski definition) is 1. The summed E-state index contributed by atoms with van der Waals surface area (Å²) in [6, 6.07) is 10.1. The lowest BCUT2D eigenvalue weighted by Crippen LogP contribution is -2.31. The molecule has 2 aromatic rings. The van der Waals surface area contributed by atoms with E-state index in [9.17, 15) is 4.79 Å². The van der Waals surface area contributed by atoms with Gasteiger partial charge in [0.15, 0.2) is 6.61 Å². The lowest BCUT2D eigenvalue weighted by atomic mass is 9.93. The van der Waals surface area contributed by atoms with E-state index < -0.39 is 0 Å². The summed E-state index contributed by atoms with van der Waals surface area (Å²) in [6.07, 6.45) is 0. The van der Waals surface area contributed by atoms with Crippen molar-refractivity contribution < 1.29 is 14.3 Å². The van der Waals surface area contributed by atoms with Crippen LogP contribution in [-0.4, -0.2) is 19.6 Å². The predicted octanol–water partition coefficient (Wildman–Crippen LogP) is 5.00.